The Morgan fingerprint density at radius 3 is 2.79 bits per heavy atom. The number of likely N-dealkylation sites (N-methyl/N-ethyl adjacent to an activating group) is 1. The summed E-state index contributed by atoms with van der Waals surface area (Å²) in [6, 6.07) is 8.70. The zero-order valence-corrected chi connectivity index (χ0v) is 17.2. The molecule has 1 saturated carbocycles. The van der Waals surface area contributed by atoms with Crippen molar-refractivity contribution < 1.29 is 4.79 Å². The molecule has 0 saturated heterocycles. The molecule has 1 aliphatic rings. The van der Waals surface area contributed by atoms with Crippen LogP contribution >= 0.6 is 0 Å². The maximum Gasteiger partial charge on any atom is 0.243 e. The number of fused-ring (bicyclic) bond motifs is 1. The van der Waals surface area contributed by atoms with Gasteiger partial charge in [-0.2, -0.15) is 0 Å². The second-order valence-electron chi connectivity index (χ2n) is 7.66. The lowest BCUT2D eigenvalue weighted by atomic mass is 10.2. The molecular formula is C21H32N6O. The van der Waals surface area contributed by atoms with Crippen LogP contribution < -0.4 is 10.6 Å². The van der Waals surface area contributed by atoms with Crippen molar-refractivity contribution in [1.29, 1.82) is 0 Å². The van der Waals surface area contributed by atoms with Crippen LogP contribution in [0.1, 0.15) is 37.9 Å². The summed E-state index contributed by atoms with van der Waals surface area (Å²) < 4.78 is 2.26. The van der Waals surface area contributed by atoms with Crippen molar-refractivity contribution in [2.45, 2.75) is 51.6 Å². The molecule has 1 amide bonds. The zero-order chi connectivity index (χ0) is 19.9. The molecule has 0 bridgehead atoms. The van der Waals surface area contributed by atoms with Crippen LogP contribution in [0.3, 0.4) is 0 Å². The van der Waals surface area contributed by atoms with Gasteiger partial charge in [-0.25, -0.2) is 9.98 Å². The van der Waals surface area contributed by atoms with Crippen LogP contribution in [0.5, 0.6) is 0 Å². The van der Waals surface area contributed by atoms with Gasteiger partial charge in [0.25, 0.3) is 0 Å². The maximum absolute atomic E-state index is 11.9. The molecule has 7 heteroatoms. The molecular weight excluding hydrogens is 352 g/mol. The summed E-state index contributed by atoms with van der Waals surface area (Å²) in [4.78, 5) is 22.6. The summed E-state index contributed by atoms with van der Waals surface area (Å²) in [6.45, 7) is 3.91. The topological polar surface area (TPSA) is 74.5 Å². The third-order valence-corrected chi connectivity index (χ3v) is 5.26. The lowest BCUT2D eigenvalue weighted by molar-refractivity contribution is -0.127. The minimum Gasteiger partial charge on any atom is -0.356 e. The van der Waals surface area contributed by atoms with Gasteiger partial charge in [-0.3, -0.25) is 4.79 Å². The maximum atomic E-state index is 11.9. The van der Waals surface area contributed by atoms with E-state index in [4.69, 9.17) is 0 Å². The van der Waals surface area contributed by atoms with Crippen molar-refractivity contribution >= 4 is 22.9 Å². The third-order valence-electron chi connectivity index (χ3n) is 5.26. The van der Waals surface area contributed by atoms with E-state index in [1.54, 1.807) is 19.0 Å². The first kappa shape index (κ1) is 20.2. The van der Waals surface area contributed by atoms with Gasteiger partial charge in [0, 0.05) is 33.2 Å². The Kier molecular flexibility index (Phi) is 6.90. The van der Waals surface area contributed by atoms with Crippen LogP contribution in [0.15, 0.2) is 29.3 Å². The van der Waals surface area contributed by atoms with Crippen molar-refractivity contribution in [2.75, 3.05) is 27.2 Å². The normalized spacial score (nSPS) is 15.2. The lowest BCUT2D eigenvalue weighted by Gasteiger charge is -2.18. The fourth-order valence-electron chi connectivity index (χ4n) is 3.63. The third kappa shape index (κ3) is 5.24. The average Bonchev–Trinajstić information content (AvgIpc) is 3.29. The Morgan fingerprint density at radius 2 is 2.04 bits per heavy atom. The monoisotopic (exact) mass is 384 g/mol. The van der Waals surface area contributed by atoms with Crippen LogP contribution in [0.25, 0.3) is 11.0 Å². The highest BCUT2D eigenvalue weighted by Gasteiger charge is 2.16. The van der Waals surface area contributed by atoms with Gasteiger partial charge < -0.3 is 20.1 Å². The molecule has 2 aromatic rings. The number of nitrogens with zero attached hydrogens (tertiary/aromatic N) is 4. The van der Waals surface area contributed by atoms with E-state index in [0.717, 1.165) is 36.8 Å². The van der Waals surface area contributed by atoms with E-state index in [-0.39, 0.29) is 12.5 Å². The zero-order valence-electron chi connectivity index (χ0n) is 17.2. The second kappa shape index (κ2) is 9.57. The van der Waals surface area contributed by atoms with Gasteiger partial charge in [-0.1, -0.05) is 25.0 Å². The number of aliphatic imine (C=N–C) groups is 1. The minimum atomic E-state index is 0.00744. The summed E-state index contributed by atoms with van der Waals surface area (Å²) in [5.41, 5.74) is 2.22. The SMILES string of the molecule is Cc1nc2ccccc2n1CCCNC(=NCC(=O)N(C)C)NC1CCCC1. The Hall–Kier alpha value is -2.57. The number of benzene rings is 1. The molecule has 0 spiro atoms. The van der Waals surface area contributed by atoms with E-state index < -0.39 is 0 Å². The number of para-hydroxylation sites is 2. The van der Waals surface area contributed by atoms with Crippen molar-refractivity contribution in [3.05, 3.63) is 30.1 Å². The molecule has 1 heterocycles. The fourth-order valence-corrected chi connectivity index (χ4v) is 3.63. The van der Waals surface area contributed by atoms with E-state index in [1.165, 1.54) is 31.2 Å². The molecule has 7 nitrogen and oxygen atoms in total. The first-order chi connectivity index (χ1) is 13.5. The van der Waals surface area contributed by atoms with Crippen molar-refractivity contribution in [2.24, 2.45) is 4.99 Å². The first-order valence-electron chi connectivity index (χ1n) is 10.2. The summed E-state index contributed by atoms with van der Waals surface area (Å²) in [5, 5.41) is 6.90. The molecule has 152 valence electrons. The van der Waals surface area contributed by atoms with Crippen molar-refractivity contribution in [3.8, 4) is 0 Å². The number of carbonyl (C=O) groups excluding carboxylic acids is 1. The van der Waals surface area contributed by atoms with Gasteiger partial charge in [0.1, 0.15) is 12.4 Å². The van der Waals surface area contributed by atoms with E-state index in [0.29, 0.717) is 6.04 Å². The molecule has 1 fully saturated rings. The molecule has 1 aliphatic carbocycles. The number of rotatable bonds is 7. The van der Waals surface area contributed by atoms with Crippen molar-refractivity contribution in [3.63, 3.8) is 0 Å². The molecule has 1 aromatic heterocycles. The highest BCUT2D eigenvalue weighted by molar-refractivity contribution is 5.85. The van der Waals surface area contributed by atoms with Gasteiger partial charge in [0.2, 0.25) is 5.91 Å². The Bertz CT molecular complexity index is 819. The Morgan fingerprint density at radius 1 is 1.29 bits per heavy atom. The molecule has 0 atom stereocenters. The summed E-state index contributed by atoms with van der Waals surface area (Å²) in [5.74, 6) is 1.79. The van der Waals surface area contributed by atoms with Crippen LogP contribution in [0, 0.1) is 6.92 Å². The standard InChI is InChI=1S/C21H32N6O/c1-16-24-18-11-6-7-12-19(18)27(16)14-8-13-22-21(23-15-20(28)26(2)3)25-17-9-4-5-10-17/h6-7,11-12,17H,4-5,8-10,13-15H2,1-3H3,(H2,22,23,25). The second-order valence-corrected chi connectivity index (χ2v) is 7.66. The number of imidazole rings is 1. The number of aromatic nitrogens is 2. The van der Waals surface area contributed by atoms with E-state index in [1.807, 2.05) is 6.07 Å². The molecule has 1 aromatic carbocycles. The number of carbonyl (C=O) groups is 1. The van der Waals surface area contributed by atoms with Gasteiger partial charge in [-0.15, -0.1) is 0 Å². The minimum absolute atomic E-state index is 0.00744. The quantitative estimate of drug-likeness (QED) is 0.436. The van der Waals surface area contributed by atoms with Gasteiger partial charge in [-0.05, 0) is 38.3 Å². The predicted molar refractivity (Wildman–Crippen MR) is 113 cm³/mol. The number of hydrogen-bond acceptors (Lipinski definition) is 3. The number of guanidine groups is 1. The molecule has 3 rings (SSSR count). The highest BCUT2D eigenvalue weighted by Crippen LogP contribution is 2.17. The first-order valence-corrected chi connectivity index (χ1v) is 10.2. The summed E-state index contributed by atoms with van der Waals surface area (Å²) >= 11 is 0. The molecule has 28 heavy (non-hydrogen) atoms. The number of aryl methyl sites for hydroxylation is 2. The molecule has 0 radical (unpaired) electrons. The molecule has 0 unspecified atom stereocenters. The molecule has 2 N–H and O–H groups in total. The number of amides is 1. The van der Waals surface area contributed by atoms with E-state index >= 15 is 0 Å². The Balaban J connectivity index is 1.55. The van der Waals surface area contributed by atoms with Gasteiger partial charge in [0.15, 0.2) is 5.96 Å². The fraction of sp³-hybridized carbons (Fsp3) is 0.571. The van der Waals surface area contributed by atoms with Crippen LogP contribution in [-0.4, -0.2) is 59.5 Å². The number of nitrogens with one attached hydrogen (secondary N) is 2. The Labute approximate surface area is 167 Å². The van der Waals surface area contributed by atoms with Crippen LogP contribution in [0.4, 0.5) is 0 Å². The van der Waals surface area contributed by atoms with Crippen molar-refractivity contribution in [1.82, 2.24) is 25.1 Å². The van der Waals surface area contributed by atoms with E-state index in [9.17, 15) is 4.79 Å². The van der Waals surface area contributed by atoms with Gasteiger partial charge in [0.05, 0.1) is 11.0 Å². The lowest BCUT2D eigenvalue weighted by Crippen LogP contribution is -2.43. The number of hydrogen-bond donors (Lipinski definition) is 2. The van der Waals surface area contributed by atoms with Gasteiger partial charge >= 0.3 is 0 Å². The van der Waals surface area contributed by atoms with Crippen LogP contribution in [0.2, 0.25) is 0 Å². The molecule has 0 aliphatic heterocycles. The average molecular weight is 385 g/mol. The largest absolute Gasteiger partial charge is 0.356 e. The summed E-state index contributed by atoms with van der Waals surface area (Å²) in [7, 11) is 3.51. The predicted octanol–water partition coefficient (Wildman–Crippen LogP) is 2.30. The highest BCUT2D eigenvalue weighted by atomic mass is 16.2. The van der Waals surface area contributed by atoms with Crippen LogP contribution in [-0.2, 0) is 11.3 Å². The van der Waals surface area contributed by atoms with E-state index in [2.05, 4.69) is 50.3 Å². The summed E-state index contributed by atoms with van der Waals surface area (Å²) in [6.07, 6.45) is 5.81. The smallest absolute Gasteiger partial charge is 0.243 e.